The third kappa shape index (κ3) is 6.70. The minimum absolute atomic E-state index is 0.867. The van der Waals surface area contributed by atoms with Crippen molar-refractivity contribution in [1.29, 1.82) is 0 Å². The van der Waals surface area contributed by atoms with Crippen LogP contribution in [0.2, 0.25) is 0 Å². The zero-order chi connectivity index (χ0) is 42.4. The third-order valence-electron chi connectivity index (χ3n) is 12.7. The van der Waals surface area contributed by atoms with Crippen molar-refractivity contribution in [3.63, 3.8) is 0 Å². The molecule has 0 fully saturated rings. The molecule has 11 aromatic carbocycles. The Bertz CT molecular complexity index is 3610. The lowest BCUT2D eigenvalue weighted by molar-refractivity contribution is 0.631. The van der Waals surface area contributed by atoms with Gasteiger partial charge in [-0.2, -0.15) is 0 Å². The van der Waals surface area contributed by atoms with Crippen molar-refractivity contribution >= 4 is 60.3 Å². The molecule has 0 radical (unpaired) electrons. The summed E-state index contributed by atoms with van der Waals surface area (Å²) in [6.07, 6.45) is 0. The van der Waals surface area contributed by atoms with E-state index in [0.29, 0.717) is 0 Å². The van der Waals surface area contributed by atoms with Gasteiger partial charge in [-0.3, -0.25) is 0 Å². The molecule has 300 valence electrons. The van der Waals surface area contributed by atoms with Gasteiger partial charge in [0.25, 0.3) is 0 Å². The van der Waals surface area contributed by atoms with Crippen LogP contribution in [0.4, 0.5) is 17.1 Å². The van der Waals surface area contributed by atoms with E-state index in [4.69, 9.17) is 4.42 Å². The summed E-state index contributed by atoms with van der Waals surface area (Å²) in [4.78, 5) is 2.40. The molecular formula is C62H41NO. The normalized spacial score (nSPS) is 11.4. The smallest absolute Gasteiger partial charge is 0.135 e. The lowest BCUT2D eigenvalue weighted by Crippen LogP contribution is -2.10. The lowest BCUT2D eigenvalue weighted by Gasteiger charge is -2.28. The van der Waals surface area contributed by atoms with Crippen LogP contribution in [0.5, 0.6) is 0 Å². The minimum Gasteiger partial charge on any atom is -0.456 e. The van der Waals surface area contributed by atoms with Gasteiger partial charge in [0, 0.05) is 27.7 Å². The van der Waals surface area contributed by atoms with Gasteiger partial charge in [-0.05, 0) is 120 Å². The van der Waals surface area contributed by atoms with E-state index >= 15 is 0 Å². The van der Waals surface area contributed by atoms with Crippen molar-refractivity contribution in [2.45, 2.75) is 0 Å². The fourth-order valence-electron chi connectivity index (χ4n) is 9.51. The number of hydrogen-bond donors (Lipinski definition) is 0. The zero-order valence-corrected chi connectivity index (χ0v) is 35.0. The third-order valence-corrected chi connectivity index (χ3v) is 12.7. The van der Waals surface area contributed by atoms with Gasteiger partial charge in [0.2, 0.25) is 0 Å². The molecule has 1 aromatic heterocycles. The van der Waals surface area contributed by atoms with Crippen LogP contribution in [0, 0.1) is 0 Å². The van der Waals surface area contributed by atoms with Gasteiger partial charge < -0.3 is 9.32 Å². The van der Waals surface area contributed by atoms with E-state index in [0.717, 1.165) is 44.9 Å². The Morgan fingerprint density at radius 3 is 1.34 bits per heavy atom. The minimum atomic E-state index is 0.867. The Labute approximate surface area is 372 Å². The molecule has 0 N–H and O–H groups in total. The number of para-hydroxylation sites is 1. The quantitative estimate of drug-likeness (QED) is 0.152. The van der Waals surface area contributed by atoms with Gasteiger partial charge in [-0.15, -0.1) is 0 Å². The molecule has 64 heavy (non-hydrogen) atoms. The fourth-order valence-corrected chi connectivity index (χ4v) is 9.51. The highest BCUT2D eigenvalue weighted by Gasteiger charge is 2.19. The summed E-state index contributed by atoms with van der Waals surface area (Å²) in [5, 5.41) is 8.46. The standard InChI is InChI=1S/C62H41NO/c1-4-19-53-44(12-1)15-10-23-55(53)46-28-26-42(27-29-46)43-30-34-51(35-31-43)63(52-36-32-47(33-37-52)56-24-11-16-45-13-2-5-20-54(45)56)60-39-38-57(58-21-6-7-22-59(58)60)48-17-9-18-49(40-48)62-41-50-14-3-8-25-61(50)64-62/h1-41H. The first-order valence-electron chi connectivity index (χ1n) is 21.9. The summed E-state index contributed by atoms with van der Waals surface area (Å²) < 4.78 is 6.31. The maximum Gasteiger partial charge on any atom is 0.135 e. The monoisotopic (exact) mass is 815 g/mol. The number of hydrogen-bond acceptors (Lipinski definition) is 2. The van der Waals surface area contributed by atoms with Crippen molar-refractivity contribution in [3.8, 4) is 55.8 Å². The lowest BCUT2D eigenvalue weighted by atomic mass is 9.94. The largest absolute Gasteiger partial charge is 0.456 e. The molecule has 0 aliphatic rings. The van der Waals surface area contributed by atoms with Crippen LogP contribution in [-0.4, -0.2) is 0 Å². The van der Waals surface area contributed by atoms with E-state index < -0.39 is 0 Å². The number of benzene rings is 11. The van der Waals surface area contributed by atoms with Crippen molar-refractivity contribution in [1.82, 2.24) is 0 Å². The number of nitrogens with zero attached hydrogens (tertiary/aromatic N) is 1. The summed E-state index contributed by atoms with van der Waals surface area (Å²) in [5.74, 6) is 0.867. The van der Waals surface area contributed by atoms with Crippen molar-refractivity contribution in [2.75, 3.05) is 4.90 Å². The highest BCUT2D eigenvalue weighted by Crippen LogP contribution is 2.44. The summed E-state index contributed by atoms with van der Waals surface area (Å²) in [5.41, 5.74) is 14.8. The van der Waals surface area contributed by atoms with Crippen LogP contribution in [0.3, 0.4) is 0 Å². The second kappa shape index (κ2) is 15.8. The highest BCUT2D eigenvalue weighted by atomic mass is 16.3. The first-order valence-corrected chi connectivity index (χ1v) is 21.9. The molecule has 0 aliphatic carbocycles. The second-order valence-corrected chi connectivity index (χ2v) is 16.5. The molecule has 0 aliphatic heterocycles. The van der Waals surface area contributed by atoms with E-state index in [1.54, 1.807) is 0 Å². The maximum atomic E-state index is 6.31. The van der Waals surface area contributed by atoms with Gasteiger partial charge in [0.1, 0.15) is 11.3 Å². The molecule has 12 rings (SSSR count). The number of furan rings is 1. The molecule has 0 saturated carbocycles. The van der Waals surface area contributed by atoms with Crippen LogP contribution >= 0.6 is 0 Å². The Balaban J connectivity index is 0.945. The molecule has 0 spiro atoms. The van der Waals surface area contributed by atoms with E-state index in [2.05, 4.69) is 241 Å². The van der Waals surface area contributed by atoms with Crippen molar-refractivity contribution in [3.05, 3.63) is 249 Å². The zero-order valence-electron chi connectivity index (χ0n) is 35.0. The Morgan fingerprint density at radius 1 is 0.266 bits per heavy atom. The van der Waals surface area contributed by atoms with Crippen LogP contribution in [0.1, 0.15) is 0 Å². The van der Waals surface area contributed by atoms with Crippen LogP contribution in [-0.2, 0) is 0 Å². The summed E-state index contributed by atoms with van der Waals surface area (Å²) in [6, 6.07) is 89.7. The number of anilines is 3. The van der Waals surface area contributed by atoms with Gasteiger partial charge in [0.15, 0.2) is 0 Å². The van der Waals surface area contributed by atoms with Crippen LogP contribution < -0.4 is 4.90 Å². The molecule has 1 heterocycles. The van der Waals surface area contributed by atoms with Crippen LogP contribution in [0.25, 0.3) is 99.1 Å². The molecule has 0 unspecified atom stereocenters. The summed E-state index contributed by atoms with van der Waals surface area (Å²) >= 11 is 0. The molecule has 2 nitrogen and oxygen atoms in total. The number of rotatable bonds is 8. The molecule has 2 heteroatoms. The second-order valence-electron chi connectivity index (χ2n) is 16.5. The SMILES string of the molecule is c1cc(-c2cc3ccccc3o2)cc(-c2ccc(N(c3ccc(-c4ccc(-c5cccc6ccccc56)cc4)cc3)c3ccc(-c4cccc5ccccc45)cc3)c3ccccc23)c1. The molecule has 0 atom stereocenters. The highest BCUT2D eigenvalue weighted by molar-refractivity contribution is 6.07. The molecule has 12 aromatic rings. The molecule has 0 saturated heterocycles. The van der Waals surface area contributed by atoms with Gasteiger partial charge >= 0.3 is 0 Å². The van der Waals surface area contributed by atoms with E-state index in [1.165, 1.54) is 71.3 Å². The maximum absolute atomic E-state index is 6.31. The van der Waals surface area contributed by atoms with Crippen molar-refractivity contribution in [2.24, 2.45) is 0 Å². The Kier molecular flexibility index (Phi) is 9.20. The predicted octanol–water partition coefficient (Wildman–Crippen LogP) is 17.7. The van der Waals surface area contributed by atoms with E-state index in [9.17, 15) is 0 Å². The van der Waals surface area contributed by atoms with Gasteiger partial charge in [-0.25, -0.2) is 0 Å². The summed E-state index contributed by atoms with van der Waals surface area (Å²) in [7, 11) is 0. The first-order chi connectivity index (χ1) is 31.7. The molecule has 0 amide bonds. The summed E-state index contributed by atoms with van der Waals surface area (Å²) in [6.45, 7) is 0. The van der Waals surface area contributed by atoms with Gasteiger partial charge in [0.05, 0.1) is 5.69 Å². The van der Waals surface area contributed by atoms with Crippen molar-refractivity contribution < 1.29 is 4.42 Å². The topological polar surface area (TPSA) is 16.4 Å². The fraction of sp³-hybridized carbons (Fsp3) is 0. The van der Waals surface area contributed by atoms with Crippen LogP contribution in [0.15, 0.2) is 253 Å². The molecular weight excluding hydrogens is 775 g/mol. The average Bonchev–Trinajstić information content (AvgIpc) is 3.82. The van der Waals surface area contributed by atoms with E-state index in [-0.39, 0.29) is 0 Å². The molecule has 0 bridgehead atoms. The average molecular weight is 816 g/mol. The van der Waals surface area contributed by atoms with Gasteiger partial charge in [-0.1, -0.05) is 200 Å². The first kappa shape index (κ1) is 37.3. The predicted molar refractivity (Wildman–Crippen MR) is 271 cm³/mol. The Morgan fingerprint density at radius 2 is 0.719 bits per heavy atom. The van der Waals surface area contributed by atoms with E-state index in [1.807, 2.05) is 12.1 Å². The Hall–Kier alpha value is -8.46. The number of fused-ring (bicyclic) bond motifs is 4.